The molecule has 0 aromatic heterocycles. The lowest BCUT2D eigenvalue weighted by molar-refractivity contribution is -0.274. The Morgan fingerprint density at radius 1 is 0.850 bits per heavy atom. The Hall–Kier alpha value is -1.75. The molecule has 0 fully saturated rings. The third-order valence-corrected chi connectivity index (χ3v) is 3.07. The lowest BCUT2D eigenvalue weighted by atomic mass is 10.0. The first-order chi connectivity index (χ1) is 9.35. The van der Waals surface area contributed by atoms with Gasteiger partial charge >= 0.3 is 6.36 Å². The third kappa shape index (κ3) is 3.87. The summed E-state index contributed by atoms with van der Waals surface area (Å²) in [6.07, 6.45) is -4.72. The monoisotopic (exact) mass is 304 g/mol. The van der Waals surface area contributed by atoms with Crippen LogP contribution in [-0.4, -0.2) is 6.36 Å². The van der Waals surface area contributed by atoms with Crippen LogP contribution in [0.15, 0.2) is 48.5 Å². The Kier molecular flexibility index (Phi) is 4.18. The third-order valence-electron chi connectivity index (χ3n) is 2.57. The van der Waals surface area contributed by atoms with E-state index >= 15 is 0 Å². The van der Waals surface area contributed by atoms with Crippen molar-refractivity contribution in [3.63, 3.8) is 0 Å². The molecule has 0 saturated carbocycles. The maximum Gasteiger partial charge on any atom is 0.573 e. The molecule has 0 radical (unpaired) electrons. The van der Waals surface area contributed by atoms with Crippen molar-refractivity contribution in [2.45, 2.75) is 11.7 Å². The van der Waals surface area contributed by atoms with E-state index in [1.165, 1.54) is 48.5 Å². The molecule has 0 aliphatic carbocycles. The molecule has 0 aliphatic heterocycles. The van der Waals surface area contributed by atoms with Crippen molar-refractivity contribution >= 4 is 11.6 Å². The molecule has 0 bridgehead atoms. The van der Waals surface area contributed by atoms with Gasteiger partial charge in [0.25, 0.3) is 0 Å². The molecular weight excluding hydrogens is 296 g/mol. The largest absolute Gasteiger partial charge is 0.573 e. The topological polar surface area (TPSA) is 9.23 Å². The molecule has 0 amide bonds. The molecule has 6 heteroatoms. The Morgan fingerprint density at radius 3 is 1.75 bits per heavy atom. The predicted molar refractivity (Wildman–Crippen MR) is 67.2 cm³/mol. The SMILES string of the molecule is Fc1ccc(C(Cl)c2ccc(OC(F)(F)F)cc2)cc1. The maximum atomic E-state index is 12.8. The fraction of sp³-hybridized carbons (Fsp3) is 0.143. The maximum absolute atomic E-state index is 12.8. The lowest BCUT2D eigenvalue weighted by Gasteiger charge is -2.12. The highest BCUT2D eigenvalue weighted by Gasteiger charge is 2.31. The van der Waals surface area contributed by atoms with Crippen molar-refractivity contribution in [1.29, 1.82) is 0 Å². The highest BCUT2D eigenvalue weighted by Crippen LogP contribution is 2.31. The minimum absolute atomic E-state index is 0.316. The van der Waals surface area contributed by atoms with E-state index in [4.69, 9.17) is 11.6 Å². The van der Waals surface area contributed by atoms with Gasteiger partial charge in [-0.1, -0.05) is 24.3 Å². The Balaban J connectivity index is 2.15. The summed E-state index contributed by atoms with van der Waals surface area (Å²) in [5.41, 5.74) is 1.24. The molecule has 20 heavy (non-hydrogen) atoms. The van der Waals surface area contributed by atoms with Crippen LogP contribution in [-0.2, 0) is 0 Å². The second-order valence-electron chi connectivity index (χ2n) is 4.03. The van der Waals surface area contributed by atoms with Gasteiger partial charge in [-0.3, -0.25) is 0 Å². The van der Waals surface area contributed by atoms with Crippen molar-refractivity contribution < 1.29 is 22.3 Å². The van der Waals surface area contributed by atoms with E-state index < -0.39 is 11.7 Å². The summed E-state index contributed by atoms with van der Waals surface area (Å²) in [6.45, 7) is 0. The van der Waals surface area contributed by atoms with Crippen LogP contribution in [0.5, 0.6) is 5.75 Å². The van der Waals surface area contributed by atoms with Crippen molar-refractivity contribution in [2.75, 3.05) is 0 Å². The van der Waals surface area contributed by atoms with Crippen LogP contribution in [0.1, 0.15) is 16.5 Å². The summed E-state index contributed by atoms with van der Waals surface area (Å²) in [4.78, 5) is 0. The molecule has 0 N–H and O–H groups in total. The fourth-order valence-electron chi connectivity index (χ4n) is 1.66. The van der Waals surface area contributed by atoms with Gasteiger partial charge in [-0.2, -0.15) is 0 Å². The zero-order valence-corrected chi connectivity index (χ0v) is 10.8. The Morgan fingerprint density at radius 2 is 1.30 bits per heavy atom. The lowest BCUT2D eigenvalue weighted by Crippen LogP contribution is -2.17. The molecule has 106 valence electrons. The number of alkyl halides is 4. The summed E-state index contributed by atoms with van der Waals surface area (Å²) in [5, 5.41) is -0.574. The quantitative estimate of drug-likeness (QED) is 0.569. The molecule has 1 unspecified atom stereocenters. The van der Waals surface area contributed by atoms with E-state index in [0.29, 0.717) is 11.1 Å². The van der Waals surface area contributed by atoms with Gasteiger partial charge in [0.15, 0.2) is 0 Å². The summed E-state index contributed by atoms with van der Waals surface area (Å²) in [7, 11) is 0. The second-order valence-corrected chi connectivity index (χ2v) is 4.47. The average molecular weight is 305 g/mol. The molecule has 0 saturated heterocycles. The van der Waals surface area contributed by atoms with Gasteiger partial charge in [0, 0.05) is 0 Å². The van der Waals surface area contributed by atoms with Crippen LogP contribution in [0.25, 0.3) is 0 Å². The van der Waals surface area contributed by atoms with Gasteiger partial charge in [0.2, 0.25) is 0 Å². The van der Waals surface area contributed by atoms with Crippen LogP contribution >= 0.6 is 11.6 Å². The second kappa shape index (κ2) is 5.71. The van der Waals surface area contributed by atoms with Crippen LogP contribution in [0.3, 0.4) is 0 Å². The molecular formula is C14H9ClF4O. The first kappa shape index (κ1) is 14.7. The standard InChI is InChI=1S/C14H9ClF4O/c15-13(9-1-5-11(16)6-2-9)10-3-7-12(8-4-10)20-14(17,18)19/h1-8,13H. The number of hydrogen-bond acceptors (Lipinski definition) is 1. The molecule has 1 nitrogen and oxygen atoms in total. The number of hydrogen-bond donors (Lipinski definition) is 0. The minimum Gasteiger partial charge on any atom is -0.406 e. The summed E-state index contributed by atoms with van der Waals surface area (Å²) >= 11 is 6.18. The van der Waals surface area contributed by atoms with E-state index in [1.54, 1.807) is 0 Å². The molecule has 2 aromatic carbocycles. The van der Waals surface area contributed by atoms with Gasteiger partial charge < -0.3 is 4.74 Å². The van der Waals surface area contributed by atoms with Crippen molar-refractivity contribution in [3.05, 3.63) is 65.5 Å². The number of ether oxygens (including phenoxy) is 1. The highest BCUT2D eigenvalue weighted by molar-refractivity contribution is 6.22. The van der Waals surface area contributed by atoms with Crippen molar-refractivity contribution in [1.82, 2.24) is 0 Å². The predicted octanol–water partition coefficient (Wildman–Crippen LogP) is 5.05. The summed E-state index contributed by atoms with van der Waals surface area (Å²) in [6, 6.07) is 10.8. The van der Waals surface area contributed by atoms with Gasteiger partial charge in [-0.25, -0.2) is 4.39 Å². The van der Waals surface area contributed by atoms with Gasteiger partial charge in [-0.15, -0.1) is 24.8 Å². The van der Waals surface area contributed by atoms with E-state index in [1.807, 2.05) is 0 Å². The molecule has 0 heterocycles. The summed E-state index contributed by atoms with van der Waals surface area (Å²) < 4.78 is 52.6. The first-order valence-electron chi connectivity index (χ1n) is 5.60. The Bertz CT molecular complexity index is 563. The highest BCUT2D eigenvalue weighted by atomic mass is 35.5. The van der Waals surface area contributed by atoms with Gasteiger partial charge in [-0.05, 0) is 35.4 Å². The van der Waals surface area contributed by atoms with Crippen molar-refractivity contribution in [3.8, 4) is 5.75 Å². The zero-order valence-electron chi connectivity index (χ0n) is 9.99. The molecule has 2 aromatic rings. The minimum atomic E-state index is -4.72. The first-order valence-corrected chi connectivity index (χ1v) is 6.04. The van der Waals surface area contributed by atoms with Crippen LogP contribution in [0.4, 0.5) is 17.6 Å². The number of benzene rings is 2. The van der Waals surface area contributed by atoms with Crippen LogP contribution in [0, 0.1) is 5.82 Å². The molecule has 1 atom stereocenters. The average Bonchev–Trinajstić information content (AvgIpc) is 2.38. The number of rotatable bonds is 3. The van der Waals surface area contributed by atoms with E-state index in [9.17, 15) is 17.6 Å². The molecule has 0 aliphatic rings. The van der Waals surface area contributed by atoms with E-state index in [0.717, 1.165) is 0 Å². The summed E-state index contributed by atoms with van der Waals surface area (Å²) in [5.74, 6) is -0.698. The van der Waals surface area contributed by atoms with Crippen LogP contribution in [0.2, 0.25) is 0 Å². The van der Waals surface area contributed by atoms with E-state index in [-0.39, 0.29) is 11.6 Å². The van der Waals surface area contributed by atoms with Crippen LogP contribution < -0.4 is 4.74 Å². The number of halogens is 5. The van der Waals surface area contributed by atoms with Gasteiger partial charge in [0.1, 0.15) is 11.6 Å². The van der Waals surface area contributed by atoms with Crippen molar-refractivity contribution in [2.24, 2.45) is 0 Å². The fourth-order valence-corrected chi connectivity index (χ4v) is 1.95. The normalized spacial score (nSPS) is 13.1. The molecule has 0 spiro atoms. The Labute approximate surface area is 117 Å². The smallest absolute Gasteiger partial charge is 0.406 e. The zero-order chi connectivity index (χ0) is 14.8. The molecule has 2 rings (SSSR count). The van der Waals surface area contributed by atoms with Gasteiger partial charge in [0.05, 0.1) is 5.38 Å². The van der Waals surface area contributed by atoms with E-state index in [2.05, 4.69) is 4.74 Å².